The average molecular weight is 373 g/mol. The number of methoxy groups -OCH3 is 1. The van der Waals surface area contributed by atoms with Crippen LogP contribution in [0.2, 0.25) is 0 Å². The van der Waals surface area contributed by atoms with Gasteiger partial charge < -0.3 is 9.64 Å². The van der Waals surface area contributed by atoms with Crippen LogP contribution in [0.5, 0.6) is 0 Å². The molecule has 2 aliphatic rings. The number of esters is 1. The zero-order valence-electron chi connectivity index (χ0n) is 16.3. The number of anilines is 1. The van der Waals surface area contributed by atoms with Crippen LogP contribution in [-0.4, -0.2) is 26.2 Å². The Bertz CT molecular complexity index is 856. The van der Waals surface area contributed by atoms with E-state index in [2.05, 4.69) is 60.0 Å². The van der Waals surface area contributed by atoms with E-state index >= 15 is 0 Å². The van der Waals surface area contributed by atoms with Crippen LogP contribution in [0.25, 0.3) is 6.08 Å². The number of carbonyl (C=O) groups is 1. The third kappa shape index (κ3) is 3.62. The molecule has 0 unspecified atom stereocenters. The second kappa shape index (κ2) is 8.05. The fraction of sp³-hybridized carbons (Fsp3) is 0.320. The predicted molar refractivity (Wildman–Crippen MR) is 114 cm³/mol. The third-order valence-electron chi connectivity index (χ3n) is 6.35. The summed E-state index contributed by atoms with van der Waals surface area (Å²) in [4.78, 5) is 14.1. The van der Waals surface area contributed by atoms with E-state index in [1.165, 1.54) is 24.8 Å². The first-order valence-corrected chi connectivity index (χ1v) is 9.98. The molecular formula is C25H27NO2. The first-order valence-electron chi connectivity index (χ1n) is 9.98. The molecule has 0 bridgehead atoms. The normalized spacial score (nSPS) is 26.4. The van der Waals surface area contributed by atoms with Gasteiger partial charge in [-0.05, 0) is 59.9 Å². The Kier molecular flexibility index (Phi) is 5.34. The minimum absolute atomic E-state index is 0.289. The quantitative estimate of drug-likeness (QED) is 0.542. The number of hydrogen-bond donors (Lipinski definition) is 0. The summed E-state index contributed by atoms with van der Waals surface area (Å²) in [6, 6.07) is 18.3. The van der Waals surface area contributed by atoms with Gasteiger partial charge in [0.15, 0.2) is 0 Å². The standard InChI is InChI=1S/C25H27NO2/c1-3-19-15-21(10-9-18-7-5-4-6-8-18)24-17-26(16-23(19)24)22-13-11-20(12-14-22)25(27)28-2/h3-14,19,21,23-24H,1,15-17H2,2H3/b10-9+/t19-,21+,23-,24+/m0/s1. The van der Waals surface area contributed by atoms with Gasteiger partial charge in [0, 0.05) is 18.8 Å². The lowest BCUT2D eigenvalue weighted by Crippen LogP contribution is -2.23. The summed E-state index contributed by atoms with van der Waals surface area (Å²) in [5.41, 5.74) is 3.03. The van der Waals surface area contributed by atoms with Crippen molar-refractivity contribution in [1.82, 2.24) is 0 Å². The molecule has 4 atom stereocenters. The molecule has 1 aliphatic heterocycles. The van der Waals surface area contributed by atoms with Crippen molar-refractivity contribution in [3.05, 3.63) is 84.5 Å². The van der Waals surface area contributed by atoms with Crippen LogP contribution in [0.15, 0.2) is 73.3 Å². The van der Waals surface area contributed by atoms with E-state index in [1.54, 1.807) is 0 Å². The van der Waals surface area contributed by atoms with Gasteiger partial charge in [0.25, 0.3) is 0 Å². The van der Waals surface area contributed by atoms with Gasteiger partial charge in [-0.15, -0.1) is 6.58 Å². The van der Waals surface area contributed by atoms with Gasteiger partial charge in [0.2, 0.25) is 0 Å². The number of ether oxygens (including phenoxy) is 1. The van der Waals surface area contributed by atoms with Crippen molar-refractivity contribution in [3.8, 4) is 0 Å². The molecule has 28 heavy (non-hydrogen) atoms. The van der Waals surface area contributed by atoms with Gasteiger partial charge in [-0.1, -0.05) is 48.6 Å². The highest BCUT2D eigenvalue weighted by atomic mass is 16.5. The van der Waals surface area contributed by atoms with E-state index in [-0.39, 0.29) is 5.97 Å². The van der Waals surface area contributed by atoms with Crippen LogP contribution in [0.3, 0.4) is 0 Å². The highest BCUT2D eigenvalue weighted by molar-refractivity contribution is 5.89. The number of hydrogen-bond acceptors (Lipinski definition) is 3. The molecule has 4 rings (SSSR count). The van der Waals surface area contributed by atoms with Crippen molar-refractivity contribution in [2.45, 2.75) is 6.42 Å². The predicted octanol–water partition coefficient (Wildman–Crippen LogP) is 5.06. The van der Waals surface area contributed by atoms with E-state index in [9.17, 15) is 4.79 Å². The van der Waals surface area contributed by atoms with Gasteiger partial charge in [0.1, 0.15) is 0 Å². The largest absolute Gasteiger partial charge is 0.465 e. The molecule has 1 aliphatic carbocycles. The van der Waals surface area contributed by atoms with Crippen molar-refractivity contribution in [2.75, 3.05) is 25.1 Å². The van der Waals surface area contributed by atoms with E-state index in [0.717, 1.165) is 13.1 Å². The maximum atomic E-state index is 11.7. The SMILES string of the molecule is C=C[C@H]1C[C@@H](/C=C/c2ccccc2)[C@H]2CN(c3ccc(C(=O)OC)cc3)C[C@H]21. The Hall–Kier alpha value is -2.81. The third-order valence-corrected chi connectivity index (χ3v) is 6.35. The summed E-state index contributed by atoms with van der Waals surface area (Å²) in [6.45, 7) is 6.20. The number of carbonyl (C=O) groups excluding carboxylic acids is 1. The molecule has 1 saturated carbocycles. The first kappa shape index (κ1) is 18.5. The van der Waals surface area contributed by atoms with E-state index in [4.69, 9.17) is 4.74 Å². The molecule has 2 aromatic rings. The summed E-state index contributed by atoms with van der Waals surface area (Å²) >= 11 is 0. The van der Waals surface area contributed by atoms with E-state index in [0.29, 0.717) is 29.2 Å². The molecule has 0 radical (unpaired) electrons. The fourth-order valence-corrected chi connectivity index (χ4v) is 4.85. The summed E-state index contributed by atoms with van der Waals surface area (Å²) in [5, 5.41) is 0. The molecule has 2 aromatic carbocycles. The molecular weight excluding hydrogens is 346 g/mol. The monoisotopic (exact) mass is 373 g/mol. The highest BCUT2D eigenvalue weighted by Gasteiger charge is 2.46. The van der Waals surface area contributed by atoms with Crippen LogP contribution in [0.4, 0.5) is 5.69 Å². The number of nitrogens with zero attached hydrogens (tertiary/aromatic N) is 1. The maximum Gasteiger partial charge on any atom is 0.337 e. The number of benzene rings is 2. The van der Waals surface area contributed by atoms with Gasteiger partial charge in [-0.2, -0.15) is 0 Å². The second-order valence-corrected chi connectivity index (χ2v) is 7.84. The lowest BCUT2D eigenvalue weighted by Gasteiger charge is -2.22. The molecule has 1 saturated heterocycles. The number of rotatable bonds is 5. The zero-order chi connectivity index (χ0) is 19.5. The van der Waals surface area contributed by atoms with Gasteiger partial charge in [0.05, 0.1) is 12.7 Å². The van der Waals surface area contributed by atoms with Gasteiger partial charge in [-0.3, -0.25) is 0 Å². The topological polar surface area (TPSA) is 29.5 Å². The minimum atomic E-state index is -0.289. The summed E-state index contributed by atoms with van der Waals surface area (Å²) in [6.07, 6.45) is 8.01. The van der Waals surface area contributed by atoms with Crippen molar-refractivity contribution in [3.63, 3.8) is 0 Å². The van der Waals surface area contributed by atoms with Crippen LogP contribution in [0, 0.1) is 23.7 Å². The van der Waals surface area contributed by atoms with E-state index in [1.807, 2.05) is 24.3 Å². The van der Waals surface area contributed by atoms with Gasteiger partial charge in [-0.25, -0.2) is 4.79 Å². The molecule has 2 fully saturated rings. The first-order chi connectivity index (χ1) is 13.7. The molecule has 3 heteroatoms. The summed E-state index contributed by atoms with van der Waals surface area (Å²) in [5.74, 6) is 2.14. The summed E-state index contributed by atoms with van der Waals surface area (Å²) < 4.78 is 4.80. The molecule has 3 nitrogen and oxygen atoms in total. The highest BCUT2D eigenvalue weighted by Crippen LogP contribution is 2.48. The Balaban J connectivity index is 1.49. The lowest BCUT2D eigenvalue weighted by atomic mass is 9.90. The maximum absolute atomic E-state index is 11.7. The van der Waals surface area contributed by atoms with Crippen LogP contribution >= 0.6 is 0 Å². The van der Waals surface area contributed by atoms with Crippen molar-refractivity contribution < 1.29 is 9.53 Å². The lowest BCUT2D eigenvalue weighted by molar-refractivity contribution is 0.0601. The van der Waals surface area contributed by atoms with Crippen LogP contribution < -0.4 is 4.90 Å². The molecule has 0 aromatic heterocycles. The number of allylic oxidation sites excluding steroid dienone is 2. The van der Waals surface area contributed by atoms with Crippen molar-refractivity contribution >= 4 is 17.7 Å². The Morgan fingerprint density at radius 3 is 2.36 bits per heavy atom. The Morgan fingerprint density at radius 1 is 1.04 bits per heavy atom. The van der Waals surface area contributed by atoms with Crippen LogP contribution in [0.1, 0.15) is 22.3 Å². The van der Waals surface area contributed by atoms with Crippen molar-refractivity contribution in [1.29, 1.82) is 0 Å². The molecule has 0 spiro atoms. The average Bonchev–Trinajstić information content (AvgIpc) is 3.32. The Morgan fingerprint density at radius 2 is 1.71 bits per heavy atom. The minimum Gasteiger partial charge on any atom is -0.465 e. The summed E-state index contributed by atoms with van der Waals surface area (Å²) in [7, 11) is 1.41. The molecule has 0 N–H and O–H groups in total. The van der Waals surface area contributed by atoms with E-state index < -0.39 is 0 Å². The fourth-order valence-electron chi connectivity index (χ4n) is 4.85. The second-order valence-electron chi connectivity index (χ2n) is 7.84. The number of fused-ring (bicyclic) bond motifs is 1. The van der Waals surface area contributed by atoms with Gasteiger partial charge >= 0.3 is 5.97 Å². The van der Waals surface area contributed by atoms with Crippen LogP contribution in [-0.2, 0) is 4.74 Å². The zero-order valence-corrected chi connectivity index (χ0v) is 16.3. The Labute approximate surface area is 167 Å². The smallest absolute Gasteiger partial charge is 0.337 e. The molecule has 1 heterocycles. The molecule has 144 valence electrons. The van der Waals surface area contributed by atoms with Crippen molar-refractivity contribution in [2.24, 2.45) is 23.7 Å². The molecule has 0 amide bonds.